The van der Waals surface area contributed by atoms with E-state index in [0.717, 1.165) is 10.0 Å². The van der Waals surface area contributed by atoms with Gasteiger partial charge in [-0.1, -0.05) is 33.6 Å². The van der Waals surface area contributed by atoms with Crippen LogP contribution in [0.5, 0.6) is 5.75 Å². The van der Waals surface area contributed by atoms with Gasteiger partial charge in [0.1, 0.15) is 5.75 Å². The first-order valence-corrected chi connectivity index (χ1v) is 8.64. The van der Waals surface area contributed by atoms with Crippen molar-refractivity contribution in [3.8, 4) is 5.75 Å². The van der Waals surface area contributed by atoms with Crippen LogP contribution in [0.1, 0.15) is 27.5 Å². The van der Waals surface area contributed by atoms with Crippen molar-refractivity contribution in [2.24, 2.45) is 0 Å². The number of amides is 1. The lowest BCUT2D eigenvalue weighted by molar-refractivity contribution is -0.146. The quantitative estimate of drug-likeness (QED) is 0.697. The molecule has 3 rings (SSSR count). The Morgan fingerprint density at radius 2 is 2.00 bits per heavy atom. The van der Waals surface area contributed by atoms with Gasteiger partial charge in [0.05, 0.1) is 14.2 Å². The maximum atomic E-state index is 12.9. The number of methoxy groups -OCH3 is 2. The molecule has 130 valence electrons. The zero-order valence-electron chi connectivity index (χ0n) is 13.6. The first kappa shape index (κ1) is 17.8. The van der Waals surface area contributed by atoms with Crippen molar-refractivity contribution in [3.63, 3.8) is 0 Å². The largest absolute Gasteiger partial charge is 0.496 e. The molecule has 1 aliphatic rings. The van der Waals surface area contributed by atoms with Gasteiger partial charge in [-0.2, -0.15) is 0 Å². The lowest BCUT2D eigenvalue weighted by Crippen LogP contribution is -2.35. The summed E-state index contributed by atoms with van der Waals surface area (Å²) in [6.45, 7) is 0.302. The Morgan fingerprint density at radius 3 is 2.68 bits per heavy atom. The number of esters is 1. The Hall–Kier alpha value is -2.05. The van der Waals surface area contributed by atoms with Crippen molar-refractivity contribution in [3.05, 3.63) is 62.6 Å². The molecule has 7 heteroatoms. The topological polar surface area (TPSA) is 55.8 Å². The molecule has 1 aliphatic heterocycles. The van der Waals surface area contributed by atoms with E-state index in [1.165, 1.54) is 19.1 Å². The highest BCUT2D eigenvalue weighted by Gasteiger charge is 2.39. The van der Waals surface area contributed by atoms with Gasteiger partial charge in [0.25, 0.3) is 5.91 Å². The Labute approximate surface area is 158 Å². The molecule has 2 aromatic carbocycles. The van der Waals surface area contributed by atoms with Crippen molar-refractivity contribution < 1.29 is 19.1 Å². The molecule has 0 saturated heterocycles. The SMILES string of the molecule is COC(=O)[C@@H](c1cc(Cl)ccc1OC)N1Cc2ccc(Br)cc2C1=O. The van der Waals surface area contributed by atoms with E-state index in [1.54, 1.807) is 24.3 Å². The average Bonchev–Trinajstić information content (AvgIpc) is 2.91. The van der Waals surface area contributed by atoms with Gasteiger partial charge in [-0.25, -0.2) is 4.79 Å². The summed E-state index contributed by atoms with van der Waals surface area (Å²) in [7, 11) is 2.79. The third-order valence-electron chi connectivity index (χ3n) is 4.13. The molecule has 25 heavy (non-hydrogen) atoms. The fraction of sp³-hybridized carbons (Fsp3) is 0.222. The second-order valence-electron chi connectivity index (χ2n) is 5.55. The van der Waals surface area contributed by atoms with Crippen LogP contribution < -0.4 is 4.74 Å². The van der Waals surface area contributed by atoms with Crippen molar-refractivity contribution in [1.82, 2.24) is 4.90 Å². The summed E-state index contributed by atoms with van der Waals surface area (Å²) >= 11 is 9.47. The lowest BCUT2D eigenvalue weighted by atomic mass is 10.0. The maximum absolute atomic E-state index is 12.9. The van der Waals surface area contributed by atoms with Crippen LogP contribution in [0, 0.1) is 0 Å². The van der Waals surface area contributed by atoms with Gasteiger partial charge in [-0.05, 0) is 35.9 Å². The molecule has 0 unspecified atom stereocenters. The second-order valence-corrected chi connectivity index (χ2v) is 6.90. The van der Waals surface area contributed by atoms with E-state index >= 15 is 0 Å². The minimum atomic E-state index is -0.947. The molecule has 5 nitrogen and oxygen atoms in total. The fourth-order valence-corrected chi connectivity index (χ4v) is 3.50. The van der Waals surface area contributed by atoms with Crippen LogP contribution in [-0.4, -0.2) is 31.0 Å². The number of carbonyl (C=O) groups is 2. The summed E-state index contributed by atoms with van der Waals surface area (Å²) < 4.78 is 11.1. The molecule has 0 aromatic heterocycles. The highest BCUT2D eigenvalue weighted by molar-refractivity contribution is 9.10. The van der Waals surface area contributed by atoms with Crippen LogP contribution in [-0.2, 0) is 16.1 Å². The second kappa shape index (κ2) is 7.06. The number of rotatable bonds is 4. The fourth-order valence-electron chi connectivity index (χ4n) is 2.96. The summed E-state index contributed by atoms with van der Waals surface area (Å²) in [5.74, 6) is -0.334. The van der Waals surface area contributed by atoms with Crippen LogP contribution in [0.15, 0.2) is 40.9 Å². The number of halogens is 2. The zero-order valence-corrected chi connectivity index (χ0v) is 15.9. The van der Waals surface area contributed by atoms with Crippen LogP contribution >= 0.6 is 27.5 Å². The van der Waals surface area contributed by atoms with E-state index in [1.807, 2.05) is 12.1 Å². The Balaban J connectivity index is 2.09. The summed E-state index contributed by atoms with van der Waals surface area (Å²) in [6, 6.07) is 9.48. The molecule has 2 aromatic rings. The first-order chi connectivity index (χ1) is 12.0. The van der Waals surface area contributed by atoms with Gasteiger partial charge in [0, 0.05) is 27.2 Å². The highest BCUT2D eigenvalue weighted by Crippen LogP contribution is 2.38. The van der Waals surface area contributed by atoms with Gasteiger partial charge < -0.3 is 14.4 Å². The summed E-state index contributed by atoms with van der Waals surface area (Å²) in [6.07, 6.45) is 0. The lowest BCUT2D eigenvalue weighted by Gasteiger charge is -2.27. The summed E-state index contributed by atoms with van der Waals surface area (Å²) in [4.78, 5) is 26.9. The monoisotopic (exact) mass is 423 g/mol. The molecular formula is C18H15BrClNO4. The van der Waals surface area contributed by atoms with Gasteiger partial charge in [-0.3, -0.25) is 4.79 Å². The highest BCUT2D eigenvalue weighted by atomic mass is 79.9. The van der Waals surface area contributed by atoms with Crippen molar-refractivity contribution >= 4 is 39.4 Å². The number of benzene rings is 2. The average molecular weight is 425 g/mol. The van der Waals surface area contributed by atoms with E-state index in [4.69, 9.17) is 21.1 Å². The number of carbonyl (C=O) groups excluding carboxylic acids is 2. The van der Waals surface area contributed by atoms with Crippen molar-refractivity contribution in [2.45, 2.75) is 12.6 Å². The number of nitrogens with zero attached hydrogens (tertiary/aromatic N) is 1. The first-order valence-electron chi connectivity index (χ1n) is 7.47. The van der Waals surface area contributed by atoms with E-state index in [9.17, 15) is 9.59 Å². The minimum Gasteiger partial charge on any atom is -0.496 e. The van der Waals surface area contributed by atoms with Gasteiger partial charge in [0.2, 0.25) is 0 Å². The molecule has 0 saturated carbocycles. The molecule has 0 aliphatic carbocycles. The smallest absolute Gasteiger partial charge is 0.333 e. The summed E-state index contributed by atoms with van der Waals surface area (Å²) in [5, 5.41) is 0.441. The van der Waals surface area contributed by atoms with Gasteiger partial charge in [-0.15, -0.1) is 0 Å². The van der Waals surface area contributed by atoms with Crippen LogP contribution in [0.4, 0.5) is 0 Å². The molecule has 0 fully saturated rings. The van der Waals surface area contributed by atoms with Crippen LogP contribution in [0.25, 0.3) is 0 Å². The molecule has 0 N–H and O–H groups in total. The van der Waals surface area contributed by atoms with E-state index in [-0.39, 0.29) is 5.91 Å². The predicted molar refractivity (Wildman–Crippen MR) is 96.8 cm³/mol. The normalized spacial score (nSPS) is 14.2. The van der Waals surface area contributed by atoms with E-state index in [2.05, 4.69) is 15.9 Å². The molecule has 0 radical (unpaired) electrons. The van der Waals surface area contributed by atoms with Gasteiger partial charge >= 0.3 is 5.97 Å². The maximum Gasteiger partial charge on any atom is 0.333 e. The Morgan fingerprint density at radius 1 is 1.24 bits per heavy atom. The minimum absolute atomic E-state index is 0.242. The zero-order chi connectivity index (χ0) is 18.1. The standard InChI is InChI=1S/C18H15BrClNO4/c1-24-15-6-5-12(20)8-14(15)16(18(23)25-2)21-9-10-3-4-11(19)7-13(10)17(21)22/h3-8,16H,9H2,1-2H3/t16-/m1/s1. The van der Waals surface area contributed by atoms with E-state index < -0.39 is 12.0 Å². The molecule has 1 amide bonds. The van der Waals surface area contributed by atoms with Crippen molar-refractivity contribution in [1.29, 1.82) is 0 Å². The third kappa shape index (κ3) is 3.24. The Bertz CT molecular complexity index is 855. The van der Waals surface area contributed by atoms with Crippen LogP contribution in [0.2, 0.25) is 5.02 Å². The molecule has 1 atom stereocenters. The number of ether oxygens (including phenoxy) is 2. The third-order valence-corrected chi connectivity index (χ3v) is 4.85. The van der Waals surface area contributed by atoms with E-state index in [0.29, 0.717) is 28.4 Å². The van der Waals surface area contributed by atoms with Gasteiger partial charge in [0.15, 0.2) is 6.04 Å². The molecule has 0 bridgehead atoms. The molecular weight excluding hydrogens is 410 g/mol. The number of hydrogen-bond donors (Lipinski definition) is 0. The molecule has 1 heterocycles. The molecule has 0 spiro atoms. The predicted octanol–water partition coefficient (Wildman–Crippen LogP) is 3.98. The Kier molecular flexibility index (Phi) is 5.01. The van der Waals surface area contributed by atoms with Crippen molar-refractivity contribution in [2.75, 3.05) is 14.2 Å². The number of hydrogen-bond acceptors (Lipinski definition) is 4. The number of fused-ring (bicyclic) bond motifs is 1. The summed E-state index contributed by atoms with van der Waals surface area (Å²) in [5.41, 5.74) is 1.90. The van der Waals surface area contributed by atoms with Crippen LogP contribution in [0.3, 0.4) is 0 Å².